The van der Waals surface area contributed by atoms with Crippen LogP contribution in [0.3, 0.4) is 0 Å². The normalized spacial score (nSPS) is 18.2. The predicted octanol–water partition coefficient (Wildman–Crippen LogP) is 17.7. The molecule has 81 heavy (non-hydrogen) atoms. The highest BCUT2D eigenvalue weighted by molar-refractivity contribution is 5.74. The number of carboxylic acids is 1. The van der Waals surface area contributed by atoms with E-state index in [1.807, 2.05) is 0 Å². The number of rotatable bonds is 56. The van der Waals surface area contributed by atoms with Crippen LogP contribution in [0.1, 0.15) is 290 Å². The zero-order valence-electron chi connectivity index (χ0n) is 51.5. The highest BCUT2D eigenvalue weighted by Gasteiger charge is 2.50. The maximum atomic E-state index is 13.2. The number of hydrogen-bond acceptors (Lipinski definition) is 11. The van der Waals surface area contributed by atoms with Gasteiger partial charge >= 0.3 is 23.9 Å². The van der Waals surface area contributed by atoms with Gasteiger partial charge in [0.2, 0.25) is 0 Å². The fourth-order valence-corrected chi connectivity index (χ4v) is 9.64. The van der Waals surface area contributed by atoms with Crippen molar-refractivity contribution in [3.63, 3.8) is 0 Å². The van der Waals surface area contributed by atoms with Crippen LogP contribution in [0.15, 0.2) is 72.9 Å². The van der Waals surface area contributed by atoms with Crippen LogP contribution in [-0.2, 0) is 42.9 Å². The summed E-state index contributed by atoms with van der Waals surface area (Å²) in [6, 6.07) is 0. The molecular formula is C69H118O12. The van der Waals surface area contributed by atoms with Gasteiger partial charge < -0.3 is 39.0 Å². The summed E-state index contributed by atoms with van der Waals surface area (Å²) >= 11 is 0. The fraction of sp³-hybridized carbons (Fsp3) is 0.768. The number of allylic oxidation sites excluding steroid dienone is 12. The van der Waals surface area contributed by atoms with Crippen LogP contribution in [-0.4, -0.2) is 89.2 Å². The van der Waals surface area contributed by atoms with Crippen LogP contribution in [0.25, 0.3) is 0 Å². The Kier molecular flexibility index (Phi) is 52.6. The Balaban J connectivity index is 2.63. The van der Waals surface area contributed by atoms with Crippen molar-refractivity contribution >= 4 is 23.9 Å². The van der Waals surface area contributed by atoms with E-state index < -0.39 is 67.3 Å². The fourth-order valence-electron chi connectivity index (χ4n) is 9.64. The van der Waals surface area contributed by atoms with Crippen LogP contribution < -0.4 is 0 Å². The molecule has 1 heterocycles. The Morgan fingerprint density at radius 3 is 1.16 bits per heavy atom. The maximum absolute atomic E-state index is 13.2. The molecule has 1 aliphatic heterocycles. The lowest BCUT2D eigenvalue weighted by Crippen LogP contribution is -2.61. The van der Waals surface area contributed by atoms with Crippen molar-refractivity contribution in [1.29, 1.82) is 0 Å². The standard InChI is InChI=1S/C69H118O12/c1-4-7-10-13-16-19-22-25-27-29-31-33-35-38-40-43-46-49-52-55-61(70)77-58-60(79-62(71)56-53-50-47-44-41-37-24-21-18-15-12-9-6-3)59-78-69-67(65(74)64(73)66(81-69)68(75)76)80-63(72)57-54-51-48-45-42-39-36-34-32-30-28-26-23-20-17-14-11-8-5-2/h12,15-17,19-21,24-28,60,64-67,69,73-74H,4-11,13-14,18,22-23,29-59H2,1-3H3,(H,75,76)/b15-12-,19-16-,20-17-,24-21-,27-25-,28-26-. The van der Waals surface area contributed by atoms with E-state index in [1.165, 1.54) is 109 Å². The molecule has 6 unspecified atom stereocenters. The Hall–Kier alpha value is -3.84. The van der Waals surface area contributed by atoms with Crippen LogP contribution in [0, 0.1) is 0 Å². The van der Waals surface area contributed by atoms with Gasteiger partial charge in [0.05, 0.1) is 6.61 Å². The molecule has 0 saturated carbocycles. The molecule has 1 fully saturated rings. The molecule has 3 N–H and O–H groups in total. The van der Waals surface area contributed by atoms with Crippen LogP contribution >= 0.6 is 0 Å². The average molecular weight is 1140 g/mol. The highest BCUT2D eigenvalue weighted by atomic mass is 16.7. The number of unbranched alkanes of at least 4 members (excludes halogenated alkanes) is 30. The molecule has 1 aliphatic rings. The van der Waals surface area contributed by atoms with E-state index in [1.54, 1.807) is 0 Å². The van der Waals surface area contributed by atoms with Gasteiger partial charge in [-0.1, -0.05) is 235 Å². The van der Waals surface area contributed by atoms with Crippen LogP contribution in [0.2, 0.25) is 0 Å². The molecule has 0 aliphatic carbocycles. The molecule has 0 spiro atoms. The number of esters is 3. The van der Waals surface area contributed by atoms with Gasteiger partial charge in [-0.15, -0.1) is 0 Å². The summed E-state index contributed by atoms with van der Waals surface area (Å²) < 4.78 is 28.5. The largest absolute Gasteiger partial charge is 0.479 e. The quantitative estimate of drug-likeness (QED) is 0.0228. The van der Waals surface area contributed by atoms with Crippen molar-refractivity contribution in [2.75, 3.05) is 13.2 Å². The van der Waals surface area contributed by atoms with E-state index in [9.17, 15) is 34.5 Å². The third kappa shape index (κ3) is 46.3. The first-order valence-corrected chi connectivity index (χ1v) is 32.9. The second kappa shape index (κ2) is 56.6. The average Bonchev–Trinajstić information content (AvgIpc) is 3.54. The van der Waals surface area contributed by atoms with Gasteiger partial charge in [-0.25, -0.2) is 4.79 Å². The number of aliphatic hydroxyl groups is 2. The van der Waals surface area contributed by atoms with Gasteiger partial charge in [0.25, 0.3) is 0 Å². The molecule has 0 aromatic heterocycles. The molecule has 0 radical (unpaired) electrons. The third-order valence-corrected chi connectivity index (χ3v) is 14.7. The lowest BCUT2D eigenvalue weighted by atomic mass is 9.98. The first kappa shape index (κ1) is 75.2. The Morgan fingerprint density at radius 1 is 0.407 bits per heavy atom. The monoisotopic (exact) mass is 1140 g/mol. The first-order chi connectivity index (χ1) is 39.6. The van der Waals surface area contributed by atoms with E-state index in [2.05, 4.69) is 93.7 Å². The zero-order valence-corrected chi connectivity index (χ0v) is 51.5. The Bertz CT molecular complexity index is 1680. The smallest absolute Gasteiger partial charge is 0.335 e. The van der Waals surface area contributed by atoms with Gasteiger partial charge in [-0.2, -0.15) is 0 Å². The highest BCUT2D eigenvalue weighted by Crippen LogP contribution is 2.27. The molecule has 0 aromatic rings. The SMILES string of the molecule is CCC/C=C\C/C=C\CCCCCCCC(=O)OC(COC(=O)CCCCCCCCCCC/C=C\C/C=C\CCCCC)COC1OC(C(=O)O)C(O)C(O)C1OC(=O)CCCCCCCCCCC/C=C\C/C=C\CCCCC. The Morgan fingerprint density at radius 2 is 0.765 bits per heavy atom. The topological polar surface area (TPSA) is 175 Å². The summed E-state index contributed by atoms with van der Waals surface area (Å²) in [6.45, 7) is 5.89. The van der Waals surface area contributed by atoms with Gasteiger partial charge in [0.15, 0.2) is 24.6 Å². The van der Waals surface area contributed by atoms with E-state index >= 15 is 0 Å². The van der Waals surface area contributed by atoms with Gasteiger partial charge in [0, 0.05) is 19.3 Å². The van der Waals surface area contributed by atoms with Crippen molar-refractivity contribution in [2.24, 2.45) is 0 Å². The number of hydrogen-bond donors (Lipinski definition) is 3. The molecule has 0 amide bonds. The van der Waals surface area contributed by atoms with E-state index in [0.29, 0.717) is 19.3 Å². The molecule has 1 saturated heterocycles. The second-order valence-corrected chi connectivity index (χ2v) is 22.4. The minimum Gasteiger partial charge on any atom is -0.479 e. The number of aliphatic carboxylic acids is 1. The van der Waals surface area contributed by atoms with Crippen molar-refractivity contribution < 1.29 is 58.2 Å². The number of carbonyl (C=O) groups excluding carboxylic acids is 3. The number of ether oxygens (including phenoxy) is 5. The van der Waals surface area contributed by atoms with Crippen molar-refractivity contribution in [3.8, 4) is 0 Å². The molecular weight excluding hydrogens is 1020 g/mol. The van der Waals surface area contributed by atoms with E-state index in [0.717, 1.165) is 122 Å². The summed E-state index contributed by atoms with van der Waals surface area (Å²) in [5, 5.41) is 31.6. The molecule has 6 atom stereocenters. The summed E-state index contributed by atoms with van der Waals surface area (Å²) in [5.41, 5.74) is 0. The van der Waals surface area contributed by atoms with Crippen LogP contribution in [0.5, 0.6) is 0 Å². The predicted molar refractivity (Wildman–Crippen MR) is 331 cm³/mol. The summed E-state index contributed by atoms with van der Waals surface area (Å²) in [4.78, 5) is 51.3. The van der Waals surface area contributed by atoms with Gasteiger partial charge in [0.1, 0.15) is 18.8 Å². The molecule has 12 heteroatoms. The maximum Gasteiger partial charge on any atom is 0.335 e. The van der Waals surface area contributed by atoms with Crippen molar-refractivity contribution in [3.05, 3.63) is 72.9 Å². The number of aliphatic hydroxyl groups excluding tert-OH is 2. The van der Waals surface area contributed by atoms with E-state index in [4.69, 9.17) is 23.7 Å². The summed E-state index contributed by atoms with van der Waals surface area (Å²) in [6.07, 6.45) is 60.0. The molecule has 1 rings (SSSR count). The van der Waals surface area contributed by atoms with E-state index in [-0.39, 0.29) is 25.9 Å². The lowest BCUT2D eigenvalue weighted by Gasteiger charge is -2.40. The first-order valence-electron chi connectivity index (χ1n) is 32.9. The third-order valence-electron chi connectivity index (χ3n) is 14.7. The minimum absolute atomic E-state index is 0.0526. The number of carbonyl (C=O) groups is 4. The Labute approximate surface area is 493 Å². The molecule has 466 valence electrons. The van der Waals surface area contributed by atoms with Crippen molar-refractivity contribution in [2.45, 2.75) is 327 Å². The summed E-state index contributed by atoms with van der Waals surface area (Å²) in [7, 11) is 0. The summed E-state index contributed by atoms with van der Waals surface area (Å²) in [5.74, 6) is -3.14. The number of carboxylic acid groups (broad SMARTS) is 1. The molecule has 0 bridgehead atoms. The van der Waals surface area contributed by atoms with Crippen LogP contribution in [0.4, 0.5) is 0 Å². The zero-order chi connectivity index (χ0) is 58.9. The van der Waals surface area contributed by atoms with Gasteiger partial charge in [-0.05, 0) is 109 Å². The molecule has 0 aromatic carbocycles. The molecule has 12 nitrogen and oxygen atoms in total. The minimum atomic E-state index is -1.91. The second-order valence-electron chi connectivity index (χ2n) is 22.4. The lowest BCUT2D eigenvalue weighted by molar-refractivity contribution is -0.301. The van der Waals surface area contributed by atoms with Gasteiger partial charge in [-0.3, -0.25) is 14.4 Å². The van der Waals surface area contributed by atoms with Crippen molar-refractivity contribution in [1.82, 2.24) is 0 Å².